The molecular formula is C14H17NaO2S. The first-order valence-corrected chi connectivity index (χ1v) is 6.64. The van der Waals surface area contributed by atoms with Crippen LogP contribution in [0.5, 0.6) is 0 Å². The maximum atomic E-state index is 11.1. The number of rotatable bonds is 1. The Labute approximate surface area is 134 Å². The van der Waals surface area contributed by atoms with Crippen molar-refractivity contribution in [3.05, 3.63) is 42.0 Å². The Morgan fingerprint density at radius 2 is 1.83 bits per heavy atom. The molecule has 0 saturated heterocycles. The van der Waals surface area contributed by atoms with E-state index in [0.717, 1.165) is 10.8 Å². The molecule has 1 unspecified atom stereocenters. The van der Waals surface area contributed by atoms with Gasteiger partial charge in [0.1, 0.15) is 0 Å². The molecule has 2 aromatic carbocycles. The van der Waals surface area contributed by atoms with Crippen LogP contribution in [-0.4, -0.2) is 8.76 Å². The van der Waals surface area contributed by atoms with Crippen LogP contribution < -0.4 is 29.6 Å². The van der Waals surface area contributed by atoms with Crippen molar-refractivity contribution in [2.24, 2.45) is 0 Å². The first-order chi connectivity index (χ1) is 7.89. The van der Waals surface area contributed by atoms with Crippen molar-refractivity contribution >= 4 is 21.9 Å². The monoisotopic (exact) mass is 272 g/mol. The second-order valence-corrected chi connectivity index (χ2v) is 6.16. The van der Waals surface area contributed by atoms with E-state index in [0.29, 0.717) is 4.90 Å². The van der Waals surface area contributed by atoms with Gasteiger partial charge in [0.15, 0.2) is 11.1 Å². The Morgan fingerprint density at radius 1 is 1.17 bits per heavy atom. The summed E-state index contributed by atoms with van der Waals surface area (Å²) in [7, 11) is 0. The largest absolute Gasteiger partial charge is 1.00 e. The van der Waals surface area contributed by atoms with Crippen molar-refractivity contribution in [2.45, 2.75) is 31.1 Å². The second-order valence-electron chi connectivity index (χ2n) is 5.19. The summed E-state index contributed by atoms with van der Waals surface area (Å²) in [4.78, 5) is 0.453. The van der Waals surface area contributed by atoms with Crippen molar-refractivity contribution in [3.8, 4) is 0 Å². The Hall–Kier alpha value is -0.190. The molecule has 0 saturated carbocycles. The summed E-state index contributed by atoms with van der Waals surface area (Å²) in [6.45, 7) is 6.43. The van der Waals surface area contributed by atoms with Gasteiger partial charge in [0.05, 0.1) is 4.90 Å². The van der Waals surface area contributed by atoms with E-state index in [2.05, 4.69) is 26.8 Å². The molecule has 0 spiro atoms. The van der Waals surface area contributed by atoms with E-state index in [1.807, 2.05) is 24.3 Å². The maximum Gasteiger partial charge on any atom is 1.00 e. The molecule has 1 N–H and O–H groups in total. The van der Waals surface area contributed by atoms with Crippen molar-refractivity contribution in [2.75, 3.05) is 0 Å². The smallest absolute Gasteiger partial charge is 1.00 e. The normalized spacial score (nSPS) is 13.1. The molecule has 2 rings (SSSR count). The van der Waals surface area contributed by atoms with Gasteiger partial charge < -0.3 is 5.98 Å². The van der Waals surface area contributed by atoms with Crippen LogP contribution in [0.25, 0.3) is 10.8 Å². The predicted octanol–water partition coefficient (Wildman–Crippen LogP) is 0.834. The third-order valence-electron chi connectivity index (χ3n) is 2.86. The molecule has 2 nitrogen and oxygen atoms in total. The first kappa shape index (κ1) is 15.9. The minimum atomic E-state index is -1.92. The van der Waals surface area contributed by atoms with Gasteiger partial charge in [-0.3, -0.25) is 0 Å². The minimum Gasteiger partial charge on any atom is -1.00 e. The van der Waals surface area contributed by atoms with Crippen LogP contribution in [-0.2, 0) is 16.5 Å². The quantitative estimate of drug-likeness (QED) is 0.617. The van der Waals surface area contributed by atoms with Crippen molar-refractivity contribution < 1.29 is 39.7 Å². The van der Waals surface area contributed by atoms with Gasteiger partial charge in [-0.2, -0.15) is 0 Å². The van der Waals surface area contributed by atoms with Gasteiger partial charge in [-0.25, -0.2) is 4.21 Å². The zero-order valence-corrected chi connectivity index (χ0v) is 14.0. The molecule has 1 atom stereocenters. The van der Waals surface area contributed by atoms with Gasteiger partial charge in [-0.1, -0.05) is 45.0 Å². The zero-order valence-electron chi connectivity index (χ0n) is 12.2. The van der Waals surface area contributed by atoms with Gasteiger partial charge >= 0.3 is 29.6 Å². The van der Waals surface area contributed by atoms with Crippen LogP contribution in [0.1, 0.15) is 27.8 Å². The van der Waals surface area contributed by atoms with Gasteiger partial charge in [-0.05, 0) is 33.9 Å². The second kappa shape index (κ2) is 5.85. The Bertz CT molecular complexity index is 594. The molecule has 92 valence electrons. The minimum absolute atomic E-state index is 0. The predicted molar refractivity (Wildman–Crippen MR) is 72.8 cm³/mol. The van der Waals surface area contributed by atoms with Crippen molar-refractivity contribution in [1.29, 1.82) is 0 Å². The molecule has 0 aliphatic heterocycles. The topological polar surface area (TPSA) is 37.3 Å². The zero-order chi connectivity index (χ0) is 12.6. The van der Waals surface area contributed by atoms with E-state index in [1.54, 1.807) is 6.07 Å². The molecule has 0 aliphatic rings. The van der Waals surface area contributed by atoms with E-state index in [-0.39, 0.29) is 36.4 Å². The molecule has 0 bridgehead atoms. The molecule has 0 aromatic heterocycles. The van der Waals surface area contributed by atoms with E-state index < -0.39 is 11.1 Å². The van der Waals surface area contributed by atoms with Crippen molar-refractivity contribution in [1.82, 2.24) is 0 Å². The summed E-state index contributed by atoms with van der Waals surface area (Å²) < 4.78 is 20.3. The summed E-state index contributed by atoms with van der Waals surface area (Å²) in [6, 6.07) is 11.5. The average molecular weight is 272 g/mol. The van der Waals surface area contributed by atoms with Gasteiger partial charge in [0.25, 0.3) is 0 Å². The van der Waals surface area contributed by atoms with Crippen LogP contribution in [0.2, 0.25) is 0 Å². The summed E-state index contributed by atoms with van der Waals surface area (Å²) in [5.41, 5.74) is 1.22. The Kier molecular flexibility index (Phi) is 5.15. The van der Waals surface area contributed by atoms with Gasteiger partial charge in [0, 0.05) is 0 Å². The summed E-state index contributed by atoms with van der Waals surface area (Å²) >= 11 is -1.92. The number of benzene rings is 2. The molecule has 4 heteroatoms. The fraction of sp³-hybridized carbons (Fsp3) is 0.286. The summed E-state index contributed by atoms with van der Waals surface area (Å²) in [6.07, 6.45) is 0. The fourth-order valence-electron chi connectivity index (χ4n) is 2.01. The fourth-order valence-corrected chi connectivity index (χ4v) is 2.42. The van der Waals surface area contributed by atoms with E-state index in [9.17, 15) is 4.21 Å². The Balaban J connectivity index is 0.00000162. The Morgan fingerprint density at radius 3 is 2.39 bits per heavy atom. The van der Waals surface area contributed by atoms with Crippen LogP contribution in [0.4, 0.5) is 0 Å². The maximum absolute atomic E-state index is 11.1. The van der Waals surface area contributed by atoms with E-state index in [4.69, 9.17) is 4.55 Å². The van der Waals surface area contributed by atoms with E-state index in [1.165, 1.54) is 5.56 Å². The first-order valence-electron chi connectivity index (χ1n) is 5.54. The van der Waals surface area contributed by atoms with Crippen LogP contribution >= 0.6 is 0 Å². The van der Waals surface area contributed by atoms with Crippen molar-refractivity contribution in [3.63, 3.8) is 0 Å². The third-order valence-corrected chi connectivity index (χ3v) is 3.52. The average Bonchev–Trinajstić information content (AvgIpc) is 2.26. The third kappa shape index (κ3) is 3.22. The number of hydrogen-bond donors (Lipinski definition) is 1. The molecule has 0 heterocycles. The number of hydrogen-bond acceptors (Lipinski definition) is 1. The van der Waals surface area contributed by atoms with Crippen LogP contribution in [0.15, 0.2) is 41.3 Å². The van der Waals surface area contributed by atoms with Gasteiger partial charge in [0.2, 0.25) is 0 Å². The number of fused-ring (bicyclic) bond motifs is 1. The van der Waals surface area contributed by atoms with Crippen LogP contribution in [0, 0.1) is 0 Å². The summed E-state index contributed by atoms with van der Waals surface area (Å²) in [5, 5.41) is 2.16. The molecule has 0 fully saturated rings. The molecule has 18 heavy (non-hydrogen) atoms. The van der Waals surface area contributed by atoms with E-state index >= 15 is 0 Å². The molecular weight excluding hydrogens is 255 g/mol. The summed E-state index contributed by atoms with van der Waals surface area (Å²) in [5.74, 6) is 0. The molecule has 0 amide bonds. The molecule has 2 aromatic rings. The molecule has 0 radical (unpaired) electrons. The van der Waals surface area contributed by atoms with Crippen LogP contribution in [0.3, 0.4) is 0 Å². The van der Waals surface area contributed by atoms with Gasteiger partial charge in [-0.15, -0.1) is 0 Å². The standard InChI is InChI=1S/C14H16O2S.Na.H/c1-14(2,3)13-6-4-5-10-7-8-11(17(15)16)9-12(10)13;;/h4-9H,1-3H3,(H,15,16);;/q;+1;-1. The molecule has 0 aliphatic carbocycles. The SMILES string of the molecule is CC(C)(C)c1cccc2ccc(S(=O)O)cc12.[H-].[Na+].